The number of aromatic nitrogens is 1. The summed E-state index contributed by atoms with van der Waals surface area (Å²) in [6.07, 6.45) is 8.89. The second-order valence-electron chi connectivity index (χ2n) is 5.64. The van der Waals surface area contributed by atoms with Gasteiger partial charge in [-0.15, -0.1) is 11.8 Å². The Balaban J connectivity index is 1.81. The Labute approximate surface area is 118 Å². The standard InChI is InChI=1S/C15H20N2OS/c1-17(13(10-5-6-10)11-7-8-11)15(18)12-4-3-9-16-14(12)19-2/h3-4,9-11,13H,5-8H2,1-2H3. The third kappa shape index (κ3) is 2.64. The van der Waals surface area contributed by atoms with Gasteiger partial charge in [0.25, 0.3) is 5.91 Å². The second-order valence-corrected chi connectivity index (χ2v) is 6.44. The monoisotopic (exact) mass is 276 g/mol. The quantitative estimate of drug-likeness (QED) is 0.775. The number of hydrogen-bond donors (Lipinski definition) is 0. The molecule has 0 saturated heterocycles. The Bertz CT molecular complexity index is 471. The van der Waals surface area contributed by atoms with E-state index in [1.54, 1.807) is 18.0 Å². The van der Waals surface area contributed by atoms with E-state index >= 15 is 0 Å². The molecule has 0 N–H and O–H groups in total. The summed E-state index contributed by atoms with van der Waals surface area (Å²) < 4.78 is 0. The minimum absolute atomic E-state index is 0.140. The molecule has 0 radical (unpaired) electrons. The Hall–Kier alpha value is -1.03. The number of thioether (sulfide) groups is 1. The molecule has 4 heteroatoms. The van der Waals surface area contributed by atoms with Gasteiger partial charge in [-0.25, -0.2) is 4.98 Å². The van der Waals surface area contributed by atoms with Crippen LogP contribution in [0, 0.1) is 11.8 Å². The number of rotatable bonds is 5. The average Bonchev–Trinajstić information content (AvgIpc) is 3.31. The fraction of sp³-hybridized carbons (Fsp3) is 0.600. The van der Waals surface area contributed by atoms with Gasteiger partial charge in [-0.05, 0) is 55.9 Å². The van der Waals surface area contributed by atoms with Crippen LogP contribution >= 0.6 is 11.8 Å². The summed E-state index contributed by atoms with van der Waals surface area (Å²) in [5.41, 5.74) is 0.754. The Morgan fingerprint density at radius 2 is 2.00 bits per heavy atom. The fourth-order valence-electron chi connectivity index (χ4n) is 2.93. The van der Waals surface area contributed by atoms with E-state index in [1.807, 2.05) is 30.3 Å². The van der Waals surface area contributed by atoms with Crippen molar-refractivity contribution < 1.29 is 4.79 Å². The lowest BCUT2D eigenvalue weighted by Crippen LogP contribution is -2.40. The van der Waals surface area contributed by atoms with Crippen LogP contribution in [0.15, 0.2) is 23.4 Å². The normalized spacial score (nSPS) is 18.7. The summed E-state index contributed by atoms with van der Waals surface area (Å²) >= 11 is 1.54. The summed E-state index contributed by atoms with van der Waals surface area (Å²) in [5, 5.41) is 0.838. The summed E-state index contributed by atoms with van der Waals surface area (Å²) in [4.78, 5) is 19.0. The van der Waals surface area contributed by atoms with E-state index < -0.39 is 0 Å². The summed E-state index contributed by atoms with van der Waals surface area (Å²) in [6, 6.07) is 4.21. The zero-order chi connectivity index (χ0) is 13.4. The summed E-state index contributed by atoms with van der Waals surface area (Å²) in [6.45, 7) is 0. The minimum Gasteiger partial charge on any atom is -0.338 e. The van der Waals surface area contributed by atoms with Crippen LogP contribution in [0.5, 0.6) is 0 Å². The number of pyridine rings is 1. The number of carbonyl (C=O) groups is 1. The molecule has 2 saturated carbocycles. The average molecular weight is 276 g/mol. The van der Waals surface area contributed by atoms with Gasteiger partial charge in [0, 0.05) is 19.3 Å². The highest BCUT2D eigenvalue weighted by atomic mass is 32.2. The van der Waals surface area contributed by atoms with Crippen LogP contribution in [0.3, 0.4) is 0 Å². The van der Waals surface area contributed by atoms with Gasteiger partial charge in [0.1, 0.15) is 5.03 Å². The molecule has 0 aliphatic heterocycles. The van der Waals surface area contributed by atoms with Crippen molar-refractivity contribution in [2.24, 2.45) is 11.8 Å². The van der Waals surface area contributed by atoms with Crippen LogP contribution in [0.2, 0.25) is 0 Å². The van der Waals surface area contributed by atoms with Crippen LogP contribution in [0.25, 0.3) is 0 Å². The van der Waals surface area contributed by atoms with Crippen molar-refractivity contribution in [3.63, 3.8) is 0 Å². The smallest absolute Gasteiger partial charge is 0.256 e. The maximum Gasteiger partial charge on any atom is 0.256 e. The van der Waals surface area contributed by atoms with Crippen molar-refractivity contribution in [3.05, 3.63) is 23.9 Å². The highest BCUT2D eigenvalue weighted by molar-refractivity contribution is 7.98. The van der Waals surface area contributed by atoms with Gasteiger partial charge < -0.3 is 4.90 Å². The maximum atomic E-state index is 12.7. The van der Waals surface area contributed by atoms with Crippen LogP contribution < -0.4 is 0 Å². The lowest BCUT2D eigenvalue weighted by Gasteiger charge is -2.29. The van der Waals surface area contributed by atoms with Crippen molar-refractivity contribution in [1.29, 1.82) is 0 Å². The predicted molar refractivity (Wildman–Crippen MR) is 77.3 cm³/mol. The second kappa shape index (κ2) is 5.16. The van der Waals surface area contributed by atoms with Crippen molar-refractivity contribution in [2.75, 3.05) is 13.3 Å². The Kier molecular flexibility index (Phi) is 3.52. The number of amides is 1. The van der Waals surface area contributed by atoms with E-state index in [2.05, 4.69) is 4.98 Å². The molecule has 3 rings (SSSR count). The molecule has 1 aromatic rings. The van der Waals surface area contributed by atoms with Gasteiger partial charge in [0.05, 0.1) is 5.56 Å². The SMILES string of the molecule is CSc1ncccc1C(=O)N(C)C(C1CC1)C1CC1. The maximum absolute atomic E-state index is 12.7. The van der Waals surface area contributed by atoms with Crippen molar-refractivity contribution in [2.45, 2.75) is 36.8 Å². The predicted octanol–water partition coefficient (Wildman–Crippen LogP) is 3.06. The third-order valence-electron chi connectivity index (χ3n) is 4.17. The summed E-state index contributed by atoms with van der Waals surface area (Å²) in [7, 11) is 1.97. The van der Waals surface area contributed by atoms with Crippen LogP contribution in [0.4, 0.5) is 0 Å². The molecule has 0 unspecified atom stereocenters. The molecule has 1 aromatic heterocycles. The topological polar surface area (TPSA) is 33.2 Å². The molecule has 102 valence electrons. The molecule has 2 aliphatic rings. The van der Waals surface area contributed by atoms with E-state index in [4.69, 9.17) is 0 Å². The van der Waals surface area contributed by atoms with E-state index in [1.165, 1.54) is 25.7 Å². The number of nitrogens with zero attached hydrogens (tertiary/aromatic N) is 2. The van der Waals surface area contributed by atoms with Gasteiger partial charge in [-0.1, -0.05) is 0 Å². The first kappa shape index (κ1) is 13.0. The largest absolute Gasteiger partial charge is 0.338 e. The molecule has 2 fully saturated rings. The molecule has 0 atom stereocenters. The van der Waals surface area contributed by atoms with Gasteiger partial charge in [-0.3, -0.25) is 4.79 Å². The van der Waals surface area contributed by atoms with E-state index in [0.29, 0.717) is 6.04 Å². The lowest BCUT2D eigenvalue weighted by molar-refractivity contribution is 0.0685. The minimum atomic E-state index is 0.140. The molecule has 1 amide bonds. The first-order chi connectivity index (χ1) is 9.22. The molecular formula is C15H20N2OS. The van der Waals surface area contributed by atoms with E-state index in [9.17, 15) is 4.79 Å². The molecular weight excluding hydrogens is 256 g/mol. The molecule has 1 heterocycles. The Morgan fingerprint density at radius 1 is 1.37 bits per heavy atom. The van der Waals surface area contributed by atoms with Crippen molar-refractivity contribution in [1.82, 2.24) is 9.88 Å². The van der Waals surface area contributed by atoms with E-state index in [0.717, 1.165) is 22.4 Å². The van der Waals surface area contributed by atoms with Gasteiger partial charge >= 0.3 is 0 Å². The van der Waals surface area contributed by atoms with Gasteiger partial charge in [-0.2, -0.15) is 0 Å². The third-order valence-corrected chi connectivity index (χ3v) is 4.88. The zero-order valence-corrected chi connectivity index (χ0v) is 12.3. The zero-order valence-electron chi connectivity index (χ0n) is 11.5. The molecule has 0 aromatic carbocycles. The lowest BCUT2D eigenvalue weighted by atomic mass is 10.0. The summed E-state index contributed by atoms with van der Waals surface area (Å²) in [5.74, 6) is 1.63. The number of hydrogen-bond acceptors (Lipinski definition) is 3. The Morgan fingerprint density at radius 3 is 2.53 bits per heavy atom. The van der Waals surface area contributed by atoms with E-state index in [-0.39, 0.29) is 5.91 Å². The van der Waals surface area contributed by atoms with Gasteiger partial charge in [0.15, 0.2) is 0 Å². The van der Waals surface area contributed by atoms with Gasteiger partial charge in [0.2, 0.25) is 0 Å². The van der Waals surface area contributed by atoms with Crippen molar-refractivity contribution in [3.8, 4) is 0 Å². The molecule has 2 aliphatic carbocycles. The first-order valence-electron chi connectivity index (χ1n) is 6.98. The highest BCUT2D eigenvalue weighted by Crippen LogP contribution is 2.47. The van der Waals surface area contributed by atoms with Crippen LogP contribution in [0.1, 0.15) is 36.0 Å². The van der Waals surface area contributed by atoms with Crippen LogP contribution in [-0.4, -0.2) is 35.1 Å². The molecule has 0 spiro atoms. The first-order valence-corrected chi connectivity index (χ1v) is 8.21. The molecule has 3 nitrogen and oxygen atoms in total. The molecule has 0 bridgehead atoms. The highest BCUT2D eigenvalue weighted by Gasteiger charge is 2.45. The number of carbonyl (C=O) groups excluding carboxylic acids is 1. The molecule has 19 heavy (non-hydrogen) atoms. The fourth-order valence-corrected chi connectivity index (χ4v) is 3.48. The van der Waals surface area contributed by atoms with Crippen LogP contribution in [-0.2, 0) is 0 Å². The van der Waals surface area contributed by atoms with Crippen molar-refractivity contribution >= 4 is 17.7 Å².